The molecule has 35 heavy (non-hydrogen) atoms. The fourth-order valence-electron chi connectivity index (χ4n) is 7.08. The highest BCUT2D eigenvalue weighted by atomic mass is 28.4. The lowest BCUT2D eigenvalue weighted by atomic mass is 9.47. The number of hydrogen-bond donors (Lipinski definition) is 1. The fourth-order valence-corrected chi connectivity index (χ4v) is 8.10. The quantitative estimate of drug-likeness (QED) is 0.246. The predicted molar refractivity (Wildman–Crippen MR) is 137 cm³/mol. The predicted octanol–water partition coefficient (Wildman–Crippen LogP) is 6.18. The number of methoxy groups -OCH3 is 1. The highest BCUT2D eigenvalue weighted by Gasteiger charge is 2.76. The standard InChI is InChI=1S/C28H44O6Si/c1-26(2,3)35(5,6)32-25-18-21(9-10-24(25)30-4)28(31-12-8-7-11-29)27(33-34-28)22-14-19-13-20(16-22)17-23(27)15-19/h9-10,18-20,22-23,29H,7-8,11-17H2,1-6H3. The Balaban J connectivity index is 1.54. The first-order chi connectivity index (χ1) is 16.6. The van der Waals surface area contributed by atoms with Crippen LogP contribution in [0.2, 0.25) is 18.1 Å². The van der Waals surface area contributed by atoms with E-state index >= 15 is 0 Å². The van der Waals surface area contributed by atoms with Crippen molar-refractivity contribution in [3.63, 3.8) is 0 Å². The molecule has 1 heterocycles. The number of aliphatic hydroxyl groups excluding tert-OH is 1. The Hall–Kier alpha value is -1.12. The molecule has 1 aromatic carbocycles. The second-order valence-electron chi connectivity index (χ2n) is 12.9. The molecule has 5 aliphatic rings. The van der Waals surface area contributed by atoms with Gasteiger partial charge in [-0.15, -0.1) is 0 Å². The van der Waals surface area contributed by atoms with E-state index in [0.717, 1.165) is 35.3 Å². The Morgan fingerprint density at radius 3 is 2.14 bits per heavy atom. The minimum absolute atomic E-state index is 0.0607. The van der Waals surface area contributed by atoms with Crippen molar-refractivity contribution in [3.05, 3.63) is 23.8 Å². The van der Waals surface area contributed by atoms with Crippen LogP contribution >= 0.6 is 0 Å². The summed E-state index contributed by atoms with van der Waals surface area (Å²) in [5.41, 5.74) is 0.498. The van der Waals surface area contributed by atoms with E-state index in [1.807, 2.05) is 6.07 Å². The van der Waals surface area contributed by atoms with E-state index in [1.54, 1.807) is 7.11 Å². The average Bonchev–Trinajstić information content (AvgIpc) is 2.77. The van der Waals surface area contributed by atoms with Crippen LogP contribution in [-0.2, 0) is 20.3 Å². The van der Waals surface area contributed by atoms with Crippen molar-refractivity contribution < 1.29 is 28.8 Å². The summed E-state index contributed by atoms with van der Waals surface area (Å²) in [6.45, 7) is 11.9. The summed E-state index contributed by atoms with van der Waals surface area (Å²) in [5, 5.41) is 9.38. The van der Waals surface area contributed by atoms with Gasteiger partial charge < -0.3 is 19.0 Å². The van der Waals surface area contributed by atoms with E-state index in [0.29, 0.717) is 24.9 Å². The molecule has 5 fully saturated rings. The summed E-state index contributed by atoms with van der Waals surface area (Å²) in [6.07, 6.45) is 7.65. The van der Waals surface area contributed by atoms with E-state index in [-0.39, 0.29) is 11.6 Å². The number of ether oxygens (including phenoxy) is 2. The Bertz CT molecular complexity index is 897. The van der Waals surface area contributed by atoms with Gasteiger partial charge in [-0.05, 0) is 105 Å². The van der Waals surface area contributed by atoms with E-state index in [9.17, 15) is 5.11 Å². The zero-order valence-corrected chi connectivity index (χ0v) is 23.4. The highest BCUT2D eigenvalue weighted by Crippen LogP contribution is 2.69. The fraction of sp³-hybridized carbons (Fsp3) is 0.786. The molecule has 196 valence electrons. The lowest BCUT2D eigenvalue weighted by molar-refractivity contribution is -0.648. The summed E-state index contributed by atoms with van der Waals surface area (Å²) in [5.74, 6) is 3.04. The first kappa shape index (κ1) is 25.5. The second kappa shape index (κ2) is 9.01. The van der Waals surface area contributed by atoms with Gasteiger partial charge in [-0.25, -0.2) is 4.89 Å². The molecule has 1 aromatic rings. The molecule has 7 heteroatoms. The SMILES string of the molecule is COc1ccc(C2(OCCCCO)OOC23C2CC4CC(C2)CC3C4)cc1O[Si](C)(C)C(C)(C)C. The lowest BCUT2D eigenvalue weighted by Gasteiger charge is -2.69. The van der Waals surface area contributed by atoms with Gasteiger partial charge in [0.05, 0.1) is 13.7 Å². The maximum atomic E-state index is 9.32. The number of unbranched alkanes of at least 4 members (excludes halogenated alkanes) is 1. The van der Waals surface area contributed by atoms with Gasteiger partial charge in [0.1, 0.15) is 5.75 Å². The van der Waals surface area contributed by atoms with Crippen LogP contribution in [0.3, 0.4) is 0 Å². The molecule has 0 radical (unpaired) electrons. The van der Waals surface area contributed by atoms with Crippen LogP contribution in [0.25, 0.3) is 0 Å². The summed E-state index contributed by atoms with van der Waals surface area (Å²) in [7, 11) is -0.407. The second-order valence-corrected chi connectivity index (χ2v) is 17.6. The molecule has 0 amide bonds. The molecule has 4 aliphatic carbocycles. The molecule has 1 spiro atoms. The lowest BCUT2D eigenvalue weighted by Crippen LogP contribution is -2.76. The summed E-state index contributed by atoms with van der Waals surface area (Å²) in [6, 6.07) is 6.14. The zero-order chi connectivity index (χ0) is 25.1. The molecule has 1 N–H and O–H groups in total. The maximum absolute atomic E-state index is 9.32. The van der Waals surface area contributed by atoms with Gasteiger partial charge in [-0.2, -0.15) is 4.89 Å². The van der Waals surface area contributed by atoms with Crippen LogP contribution in [0.15, 0.2) is 18.2 Å². The smallest absolute Gasteiger partial charge is 0.261 e. The molecule has 1 aliphatic heterocycles. The van der Waals surface area contributed by atoms with Crippen LogP contribution in [0.4, 0.5) is 0 Å². The van der Waals surface area contributed by atoms with E-state index in [1.165, 1.54) is 32.1 Å². The van der Waals surface area contributed by atoms with E-state index in [4.69, 9.17) is 23.7 Å². The van der Waals surface area contributed by atoms with Crippen molar-refractivity contribution in [1.82, 2.24) is 0 Å². The molecule has 6 rings (SSSR count). The van der Waals surface area contributed by atoms with Crippen LogP contribution in [0.1, 0.15) is 71.3 Å². The third-order valence-electron chi connectivity index (χ3n) is 9.74. The van der Waals surface area contributed by atoms with Crippen molar-refractivity contribution >= 4 is 8.32 Å². The molecule has 1 unspecified atom stereocenters. The summed E-state index contributed by atoms with van der Waals surface area (Å²) >= 11 is 0. The van der Waals surface area contributed by atoms with Crippen LogP contribution in [0.5, 0.6) is 11.5 Å². The summed E-state index contributed by atoms with van der Waals surface area (Å²) in [4.78, 5) is 12.4. The topological polar surface area (TPSA) is 66.4 Å². The van der Waals surface area contributed by atoms with Gasteiger partial charge >= 0.3 is 0 Å². The third kappa shape index (κ3) is 3.97. The molecule has 1 atom stereocenters. The van der Waals surface area contributed by atoms with Crippen LogP contribution in [0, 0.1) is 23.7 Å². The molecule has 4 bridgehead atoms. The number of aliphatic hydroxyl groups is 1. The van der Waals surface area contributed by atoms with E-state index < -0.39 is 19.7 Å². The Morgan fingerprint density at radius 2 is 1.63 bits per heavy atom. The first-order valence-corrected chi connectivity index (χ1v) is 16.5. The van der Waals surface area contributed by atoms with Crippen LogP contribution < -0.4 is 9.16 Å². The van der Waals surface area contributed by atoms with Gasteiger partial charge in [0.15, 0.2) is 11.4 Å². The zero-order valence-electron chi connectivity index (χ0n) is 22.4. The van der Waals surface area contributed by atoms with Crippen molar-refractivity contribution in [1.29, 1.82) is 0 Å². The highest BCUT2D eigenvalue weighted by molar-refractivity contribution is 6.74. The number of rotatable bonds is 9. The van der Waals surface area contributed by atoms with Crippen LogP contribution in [-0.4, -0.2) is 39.3 Å². The molecule has 0 aromatic heterocycles. The molecular weight excluding hydrogens is 460 g/mol. The maximum Gasteiger partial charge on any atom is 0.261 e. The molecule has 4 saturated carbocycles. The van der Waals surface area contributed by atoms with Crippen molar-refractivity contribution in [2.24, 2.45) is 23.7 Å². The van der Waals surface area contributed by atoms with Crippen molar-refractivity contribution in [2.75, 3.05) is 20.3 Å². The van der Waals surface area contributed by atoms with Gasteiger partial charge in [0.25, 0.3) is 14.1 Å². The Labute approximate surface area is 211 Å². The normalized spacial score (nSPS) is 35.9. The largest absolute Gasteiger partial charge is 0.541 e. The monoisotopic (exact) mass is 504 g/mol. The Kier molecular flexibility index (Phi) is 6.57. The van der Waals surface area contributed by atoms with Crippen molar-refractivity contribution in [3.8, 4) is 11.5 Å². The van der Waals surface area contributed by atoms with Gasteiger partial charge in [-0.1, -0.05) is 20.8 Å². The minimum Gasteiger partial charge on any atom is -0.541 e. The Morgan fingerprint density at radius 1 is 0.971 bits per heavy atom. The third-order valence-corrected chi connectivity index (χ3v) is 14.1. The average molecular weight is 505 g/mol. The van der Waals surface area contributed by atoms with Crippen molar-refractivity contribution in [2.45, 2.75) is 95.2 Å². The summed E-state index contributed by atoms with van der Waals surface area (Å²) < 4.78 is 19.2. The number of hydrogen-bond acceptors (Lipinski definition) is 6. The molecule has 1 saturated heterocycles. The van der Waals surface area contributed by atoms with Gasteiger partial charge in [-0.3, -0.25) is 0 Å². The van der Waals surface area contributed by atoms with Gasteiger partial charge in [0.2, 0.25) is 0 Å². The number of benzene rings is 1. The van der Waals surface area contributed by atoms with Gasteiger partial charge in [0, 0.05) is 12.2 Å². The van der Waals surface area contributed by atoms with E-state index in [2.05, 4.69) is 46.0 Å². The minimum atomic E-state index is -2.10. The molecular formula is C28H44O6Si. The molecule has 6 nitrogen and oxygen atoms in total. The first-order valence-electron chi connectivity index (χ1n) is 13.6.